The summed E-state index contributed by atoms with van der Waals surface area (Å²) in [5.41, 5.74) is -1.18. The Morgan fingerprint density at radius 1 is 1.11 bits per heavy atom. The molecule has 1 aromatic heterocycles. The van der Waals surface area contributed by atoms with Gasteiger partial charge in [0.05, 0.1) is 17.4 Å². The van der Waals surface area contributed by atoms with Gasteiger partial charge in [0.1, 0.15) is 17.5 Å². The fraction of sp³-hybridized carbons (Fsp3) is 0.538. The lowest BCUT2D eigenvalue weighted by Gasteiger charge is -2.40. The Labute approximate surface area is 208 Å². The topological polar surface area (TPSA) is 103 Å². The number of carboxylic acid groups (broad SMARTS) is 1. The smallest absolute Gasteiger partial charge is 0.421 e. The minimum Gasteiger partial charge on any atom is -0.478 e. The molecule has 7 nitrogen and oxygen atoms in total. The average molecular weight is 511 g/mol. The number of nitrogens with zero attached hydrogens (tertiary/aromatic N) is 2. The van der Waals surface area contributed by atoms with Gasteiger partial charge in [-0.25, -0.2) is 9.78 Å². The molecule has 1 saturated carbocycles. The summed E-state index contributed by atoms with van der Waals surface area (Å²) in [4.78, 5) is 17.5. The summed E-state index contributed by atoms with van der Waals surface area (Å²) < 4.78 is 46.2. The lowest BCUT2D eigenvalue weighted by Crippen LogP contribution is -2.46. The number of benzene rings is 1. The molecule has 0 aliphatic heterocycles. The van der Waals surface area contributed by atoms with Crippen LogP contribution in [0, 0.1) is 11.8 Å². The second-order valence-corrected chi connectivity index (χ2v) is 9.82. The summed E-state index contributed by atoms with van der Waals surface area (Å²) in [7, 11) is 0. The van der Waals surface area contributed by atoms with Crippen LogP contribution >= 0.6 is 0 Å². The van der Waals surface area contributed by atoms with Crippen LogP contribution in [0.2, 0.25) is 0 Å². The highest BCUT2D eigenvalue weighted by Gasteiger charge is 2.37. The van der Waals surface area contributed by atoms with Gasteiger partial charge >= 0.3 is 12.1 Å². The first-order chi connectivity index (χ1) is 16.8. The highest BCUT2D eigenvalue weighted by Crippen LogP contribution is 2.40. The zero-order valence-electron chi connectivity index (χ0n) is 20.8. The van der Waals surface area contributed by atoms with Gasteiger partial charge in [-0.2, -0.15) is 13.2 Å². The van der Waals surface area contributed by atoms with Gasteiger partial charge in [-0.1, -0.05) is 19.8 Å². The molecule has 2 unspecified atom stereocenters. The van der Waals surface area contributed by atoms with E-state index in [-0.39, 0.29) is 34.5 Å². The van der Waals surface area contributed by atoms with Crippen LogP contribution in [0.4, 0.5) is 18.9 Å². The van der Waals surface area contributed by atoms with Crippen LogP contribution in [0.1, 0.15) is 81.0 Å². The normalized spacial score (nSPS) is 20.2. The van der Waals surface area contributed by atoms with Crippen molar-refractivity contribution < 1.29 is 38.0 Å². The Morgan fingerprint density at radius 2 is 1.75 bits per heavy atom. The van der Waals surface area contributed by atoms with Gasteiger partial charge in [0.15, 0.2) is 0 Å². The van der Waals surface area contributed by atoms with Gasteiger partial charge in [0.25, 0.3) is 0 Å². The Balaban J connectivity index is 1.97. The maximum Gasteiger partial charge on any atom is 0.421 e. The third kappa shape index (κ3) is 6.28. The third-order valence-electron chi connectivity index (χ3n) is 6.67. The number of halogens is 3. The Hall–Kier alpha value is -2.85. The molecule has 10 heteroatoms. The molecular weight excluding hydrogens is 477 g/mol. The Bertz CT molecular complexity index is 1070. The molecule has 0 saturated heterocycles. The molecule has 198 valence electrons. The number of carbonyl (C=O) groups is 1. The van der Waals surface area contributed by atoms with E-state index in [1.165, 1.54) is 19.1 Å². The molecule has 2 atom stereocenters. The summed E-state index contributed by atoms with van der Waals surface area (Å²) in [5.74, 6) is -1.65. The lowest BCUT2D eigenvalue weighted by molar-refractivity contribution is -0.139. The summed E-state index contributed by atoms with van der Waals surface area (Å²) >= 11 is 0. The lowest BCUT2D eigenvalue weighted by atomic mass is 9.81. The van der Waals surface area contributed by atoms with E-state index < -0.39 is 35.9 Å². The first-order valence-corrected chi connectivity index (χ1v) is 12.1. The molecule has 0 bridgehead atoms. The second-order valence-electron chi connectivity index (χ2n) is 9.82. The number of aromatic carboxylic acids is 1. The fourth-order valence-electron chi connectivity index (χ4n) is 4.61. The van der Waals surface area contributed by atoms with Crippen LogP contribution in [-0.2, 0) is 6.18 Å². The van der Waals surface area contributed by atoms with Gasteiger partial charge in [0.2, 0.25) is 5.88 Å². The number of carboxylic acids is 1. The van der Waals surface area contributed by atoms with Crippen molar-refractivity contribution in [2.24, 2.45) is 11.8 Å². The van der Waals surface area contributed by atoms with Crippen molar-refractivity contribution in [2.75, 3.05) is 4.90 Å². The molecule has 0 radical (unpaired) electrons. The fourth-order valence-corrected chi connectivity index (χ4v) is 4.61. The molecule has 3 N–H and O–H groups in total. The van der Waals surface area contributed by atoms with E-state index in [9.17, 15) is 33.3 Å². The van der Waals surface area contributed by atoms with E-state index in [4.69, 9.17) is 4.74 Å². The van der Waals surface area contributed by atoms with Crippen LogP contribution in [0.5, 0.6) is 11.6 Å². The molecule has 1 aliphatic carbocycles. The monoisotopic (exact) mass is 510 g/mol. The molecule has 1 aliphatic rings. The van der Waals surface area contributed by atoms with E-state index >= 15 is 0 Å². The molecule has 0 spiro atoms. The molecule has 3 rings (SSSR count). The molecule has 1 aromatic carbocycles. The van der Waals surface area contributed by atoms with Gasteiger partial charge in [-0.3, -0.25) is 0 Å². The Kier molecular flexibility index (Phi) is 8.51. The summed E-state index contributed by atoms with van der Waals surface area (Å²) in [6.45, 7) is 7.17. The van der Waals surface area contributed by atoms with Crippen molar-refractivity contribution in [2.45, 2.75) is 77.9 Å². The molecule has 36 heavy (non-hydrogen) atoms. The quantitative estimate of drug-likeness (QED) is 0.374. The number of ether oxygens (including phenoxy) is 1. The van der Waals surface area contributed by atoms with Gasteiger partial charge in [-0.15, -0.1) is 0 Å². The first-order valence-electron chi connectivity index (χ1n) is 12.1. The molecule has 1 fully saturated rings. The van der Waals surface area contributed by atoms with Gasteiger partial charge in [0, 0.05) is 18.2 Å². The number of aromatic nitrogens is 1. The van der Waals surface area contributed by atoms with Crippen LogP contribution in [-0.4, -0.2) is 38.5 Å². The maximum atomic E-state index is 13.6. The van der Waals surface area contributed by atoms with Crippen molar-refractivity contribution in [3.63, 3.8) is 0 Å². The number of hydrogen-bond acceptors (Lipinski definition) is 6. The first kappa shape index (κ1) is 27.7. The minimum absolute atomic E-state index is 0.0212. The summed E-state index contributed by atoms with van der Waals surface area (Å²) in [6, 6.07) is 4.44. The van der Waals surface area contributed by atoms with Crippen LogP contribution in [0.25, 0.3) is 0 Å². The molecule has 2 aromatic rings. The highest BCUT2D eigenvalue weighted by atomic mass is 19.4. The number of hydrogen-bond donors (Lipinski definition) is 3. The van der Waals surface area contributed by atoms with Gasteiger partial charge in [-0.05, 0) is 69.4 Å². The standard InChI is InChI=1S/C26H33F3N2O5/c1-14(2)31(24(33)17-7-5-15(3)6-8-17)22-10-9-19(12-20(22)25(34)35)36-23-21(26(27,28)29)11-18(13-30-23)16(4)32/h9-17,24,32-33H,5-8H2,1-4H3,(H,34,35). The van der Waals surface area contributed by atoms with Crippen LogP contribution < -0.4 is 9.64 Å². The highest BCUT2D eigenvalue weighted by molar-refractivity contribution is 5.95. The molecule has 1 heterocycles. The number of pyridine rings is 1. The molecular formula is C26H33F3N2O5. The van der Waals surface area contributed by atoms with Crippen molar-refractivity contribution in [1.82, 2.24) is 4.98 Å². The van der Waals surface area contributed by atoms with E-state index in [0.29, 0.717) is 5.92 Å². The average Bonchev–Trinajstić information content (AvgIpc) is 2.79. The number of aliphatic hydroxyl groups excluding tert-OH is 2. The number of rotatable bonds is 8. The van der Waals surface area contributed by atoms with Gasteiger partial charge < -0.3 is 25.0 Å². The number of aliphatic hydroxyl groups is 2. The maximum absolute atomic E-state index is 13.6. The second kappa shape index (κ2) is 11.0. The van der Waals surface area contributed by atoms with E-state index in [1.807, 2.05) is 13.8 Å². The summed E-state index contributed by atoms with van der Waals surface area (Å²) in [6.07, 6.45) is -2.20. The third-order valence-corrected chi connectivity index (χ3v) is 6.67. The zero-order valence-corrected chi connectivity index (χ0v) is 20.8. The van der Waals surface area contributed by atoms with E-state index in [0.717, 1.165) is 44.0 Å². The van der Waals surface area contributed by atoms with Crippen molar-refractivity contribution >= 4 is 11.7 Å². The predicted octanol–water partition coefficient (Wildman–Crippen LogP) is 6.00. The van der Waals surface area contributed by atoms with Crippen LogP contribution in [0.3, 0.4) is 0 Å². The van der Waals surface area contributed by atoms with Crippen LogP contribution in [0.15, 0.2) is 30.5 Å². The SMILES string of the molecule is CC1CCC(C(O)N(c2ccc(Oc3ncc(C(C)O)cc3C(F)(F)F)cc2C(=O)O)C(C)C)CC1. The van der Waals surface area contributed by atoms with E-state index in [2.05, 4.69) is 11.9 Å². The van der Waals surface area contributed by atoms with Crippen molar-refractivity contribution in [3.8, 4) is 11.6 Å². The predicted molar refractivity (Wildman–Crippen MR) is 128 cm³/mol. The molecule has 0 amide bonds. The Morgan fingerprint density at radius 3 is 2.28 bits per heavy atom. The van der Waals surface area contributed by atoms with E-state index in [1.54, 1.807) is 4.90 Å². The largest absolute Gasteiger partial charge is 0.478 e. The summed E-state index contributed by atoms with van der Waals surface area (Å²) in [5, 5.41) is 30.7. The van der Waals surface area contributed by atoms with Crippen molar-refractivity contribution in [1.29, 1.82) is 0 Å². The van der Waals surface area contributed by atoms with Crippen molar-refractivity contribution in [3.05, 3.63) is 47.2 Å². The number of anilines is 1. The zero-order chi connectivity index (χ0) is 26.8. The number of alkyl halides is 3. The minimum atomic E-state index is -4.81.